The summed E-state index contributed by atoms with van der Waals surface area (Å²) in [5.74, 6) is -5.05. The number of hydrogen-bond acceptors (Lipinski definition) is 7. The number of aliphatic carboxylic acids is 1. The van der Waals surface area contributed by atoms with E-state index < -0.39 is 36.0 Å². The molecule has 2 N–H and O–H groups in total. The highest BCUT2D eigenvalue weighted by atomic mass is 35.5. The van der Waals surface area contributed by atoms with E-state index >= 15 is 0 Å². The number of nitrogens with zero attached hydrogens (tertiary/aromatic N) is 1. The second kappa shape index (κ2) is 11.3. The molecule has 34 heavy (non-hydrogen) atoms. The molecule has 2 aromatic carbocycles. The van der Waals surface area contributed by atoms with Gasteiger partial charge in [0, 0.05) is 6.20 Å². The van der Waals surface area contributed by atoms with E-state index in [1.165, 1.54) is 60.9 Å². The average Bonchev–Trinajstić information content (AvgIpc) is 2.82. The van der Waals surface area contributed by atoms with Gasteiger partial charge in [0.05, 0.1) is 33.1 Å². The van der Waals surface area contributed by atoms with Crippen LogP contribution in [-0.4, -0.2) is 46.1 Å². The molecule has 0 unspecified atom stereocenters. The smallest absolute Gasteiger partial charge is 0.349 e. The Balaban J connectivity index is 1.93. The quantitative estimate of drug-likeness (QED) is 0.443. The lowest BCUT2D eigenvalue weighted by Crippen LogP contribution is -2.48. The SMILES string of the molecule is O=C(O[C@H](C(=O)Nc1cccnc1)[C@@H](OC(=O)c1ccccc1Cl)C(=O)O)c1ccccc1Cl. The molecule has 0 spiro atoms. The number of pyridine rings is 1. The maximum Gasteiger partial charge on any atom is 0.349 e. The van der Waals surface area contributed by atoms with Gasteiger partial charge in [0.2, 0.25) is 12.2 Å². The first-order valence-electron chi connectivity index (χ1n) is 9.62. The highest BCUT2D eigenvalue weighted by Gasteiger charge is 2.41. The van der Waals surface area contributed by atoms with Gasteiger partial charge in [-0.05, 0) is 36.4 Å². The van der Waals surface area contributed by atoms with Crippen molar-refractivity contribution in [2.45, 2.75) is 12.2 Å². The van der Waals surface area contributed by atoms with Crippen molar-refractivity contribution in [2.75, 3.05) is 5.32 Å². The van der Waals surface area contributed by atoms with Crippen LogP contribution in [0.1, 0.15) is 20.7 Å². The highest BCUT2D eigenvalue weighted by Crippen LogP contribution is 2.21. The van der Waals surface area contributed by atoms with Gasteiger partial charge in [-0.3, -0.25) is 9.78 Å². The van der Waals surface area contributed by atoms with Crippen molar-refractivity contribution in [1.29, 1.82) is 0 Å². The molecule has 1 amide bonds. The van der Waals surface area contributed by atoms with E-state index in [1.807, 2.05) is 0 Å². The molecular formula is C23H16Cl2N2O7. The first-order chi connectivity index (χ1) is 16.3. The minimum Gasteiger partial charge on any atom is -0.478 e. The Morgan fingerprint density at radius 3 is 1.79 bits per heavy atom. The van der Waals surface area contributed by atoms with Crippen LogP contribution in [-0.2, 0) is 19.1 Å². The number of anilines is 1. The number of halogens is 2. The summed E-state index contributed by atoms with van der Waals surface area (Å²) >= 11 is 12.0. The number of amides is 1. The Bertz CT molecular complexity index is 1220. The van der Waals surface area contributed by atoms with E-state index in [9.17, 15) is 24.3 Å². The van der Waals surface area contributed by atoms with E-state index in [4.69, 9.17) is 32.7 Å². The maximum atomic E-state index is 13.0. The number of ether oxygens (including phenoxy) is 2. The van der Waals surface area contributed by atoms with E-state index in [0.717, 1.165) is 0 Å². The van der Waals surface area contributed by atoms with Crippen LogP contribution in [0.25, 0.3) is 0 Å². The number of nitrogens with one attached hydrogen (secondary N) is 1. The lowest BCUT2D eigenvalue weighted by atomic mass is 10.1. The summed E-state index contributed by atoms with van der Waals surface area (Å²) in [5.41, 5.74) is -0.0722. The first-order valence-corrected chi connectivity index (χ1v) is 10.4. The van der Waals surface area contributed by atoms with Crippen LogP contribution in [0.3, 0.4) is 0 Å². The molecule has 1 aromatic heterocycles. The second-order valence-corrected chi connectivity index (χ2v) is 7.50. The van der Waals surface area contributed by atoms with Crippen LogP contribution in [0, 0.1) is 0 Å². The van der Waals surface area contributed by atoms with Crippen LogP contribution in [0.5, 0.6) is 0 Å². The van der Waals surface area contributed by atoms with E-state index in [-0.39, 0.29) is 26.9 Å². The molecule has 2 atom stereocenters. The van der Waals surface area contributed by atoms with Crippen LogP contribution in [0.2, 0.25) is 10.0 Å². The van der Waals surface area contributed by atoms with Crippen molar-refractivity contribution in [1.82, 2.24) is 4.98 Å². The number of carbonyl (C=O) groups is 4. The van der Waals surface area contributed by atoms with Gasteiger partial charge in [0.25, 0.3) is 5.91 Å². The summed E-state index contributed by atoms with van der Waals surface area (Å²) in [7, 11) is 0. The summed E-state index contributed by atoms with van der Waals surface area (Å²) in [5, 5.41) is 12.1. The number of rotatable bonds is 8. The zero-order valence-electron chi connectivity index (χ0n) is 17.2. The molecule has 0 aliphatic heterocycles. The third-order valence-corrected chi connectivity index (χ3v) is 5.02. The van der Waals surface area contributed by atoms with Gasteiger partial charge in [-0.2, -0.15) is 0 Å². The molecule has 0 bridgehead atoms. The fourth-order valence-corrected chi connectivity index (χ4v) is 3.18. The van der Waals surface area contributed by atoms with Crippen LogP contribution in [0.4, 0.5) is 5.69 Å². The van der Waals surface area contributed by atoms with Crippen LogP contribution in [0.15, 0.2) is 73.1 Å². The van der Waals surface area contributed by atoms with Gasteiger partial charge in [-0.25, -0.2) is 14.4 Å². The molecule has 0 saturated carbocycles. The van der Waals surface area contributed by atoms with Gasteiger partial charge < -0.3 is 19.9 Å². The second-order valence-electron chi connectivity index (χ2n) is 6.68. The van der Waals surface area contributed by atoms with Crippen LogP contribution >= 0.6 is 23.2 Å². The van der Waals surface area contributed by atoms with Gasteiger partial charge in [0.1, 0.15) is 0 Å². The van der Waals surface area contributed by atoms with Crippen molar-refractivity contribution in [2.24, 2.45) is 0 Å². The third-order valence-electron chi connectivity index (χ3n) is 4.36. The van der Waals surface area contributed by atoms with Crippen molar-refractivity contribution in [3.05, 3.63) is 94.2 Å². The number of benzene rings is 2. The van der Waals surface area contributed by atoms with Crippen molar-refractivity contribution < 1.29 is 33.8 Å². The van der Waals surface area contributed by atoms with Gasteiger partial charge in [-0.15, -0.1) is 0 Å². The van der Waals surface area contributed by atoms with E-state index in [1.54, 1.807) is 12.1 Å². The van der Waals surface area contributed by atoms with Gasteiger partial charge in [0.15, 0.2) is 0 Å². The number of carboxylic acid groups (broad SMARTS) is 1. The van der Waals surface area contributed by atoms with Crippen molar-refractivity contribution >= 4 is 52.7 Å². The Labute approximate surface area is 203 Å². The van der Waals surface area contributed by atoms with Gasteiger partial charge >= 0.3 is 17.9 Å². The normalized spacial score (nSPS) is 12.2. The average molecular weight is 503 g/mol. The molecule has 3 rings (SSSR count). The van der Waals surface area contributed by atoms with Crippen molar-refractivity contribution in [3.63, 3.8) is 0 Å². The largest absolute Gasteiger partial charge is 0.478 e. The molecule has 1 heterocycles. The number of hydrogen-bond donors (Lipinski definition) is 2. The fourth-order valence-electron chi connectivity index (χ4n) is 2.76. The Hall–Kier alpha value is -3.95. The summed E-state index contributed by atoms with van der Waals surface area (Å²) in [6.07, 6.45) is -1.56. The fraction of sp³-hybridized carbons (Fsp3) is 0.0870. The molecular weight excluding hydrogens is 487 g/mol. The molecule has 174 valence electrons. The summed E-state index contributed by atoms with van der Waals surface area (Å²) < 4.78 is 10.3. The number of carbonyl (C=O) groups excluding carboxylic acids is 3. The Morgan fingerprint density at radius 1 is 0.794 bits per heavy atom. The molecule has 0 saturated heterocycles. The Morgan fingerprint density at radius 2 is 1.32 bits per heavy atom. The molecule has 0 fully saturated rings. The van der Waals surface area contributed by atoms with Gasteiger partial charge in [-0.1, -0.05) is 47.5 Å². The van der Waals surface area contributed by atoms with E-state index in [2.05, 4.69) is 10.3 Å². The monoisotopic (exact) mass is 502 g/mol. The van der Waals surface area contributed by atoms with Crippen molar-refractivity contribution in [3.8, 4) is 0 Å². The Kier molecular flexibility index (Phi) is 8.18. The number of esters is 2. The van der Waals surface area contributed by atoms with E-state index in [0.29, 0.717) is 0 Å². The summed E-state index contributed by atoms with van der Waals surface area (Å²) in [6, 6.07) is 14.6. The minimum atomic E-state index is -2.22. The summed E-state index contributed by atoms with van der Waals surface area (Å²) in [6.45, 7) is 0. The maximum absolute atomic E-state index is 13.0. The predicted octanol–water partition coefficient (Wildman–Crippen LogP) is 3.86. The first kappa shape index (κ1) is 24.7. The molecule has 0 aliphatic carbocycles. The standard InChI is InChI=1S/C23H16Cl2N2O7/c24-16-9-3-1-7-14(16)22(31)33-18(20(28)27-13-6-5-11-26-12-13)19(21(29)30)34-23(32)15-8-2-4-10-17(15)25/h1-12,18-19H,(H,27,28)(H,29,30)/t18-,19+/m0/s1. The lowest BCUT2D eigenvalue weighted by Gasteiger charge is -2.23. The molecule has 3 aromatic rings. The predicted molar refractivity (Wildman–Crippen MR) is 122 cm³/mol. The zero-order chi connectivity index (χ0) is 24.7. The molecule has 0 aliphatic rings. The number of aromatic nitrogens is 1. The zero-order valence-corrected chi connectivity index (χ0v) is 18.7. The van der Waals surface area contributed by atoms with Crippen LogP contribution < -0.4 is 5.32 Å². The minimum absolute atomic E-state index is 0.000984. The highest BCUT2D eigenvalue weighted by molar-refractivity contribution is 6.34. The molecule has 11 heteroatoms. The summed E-state index contributed by atoms with van der Waals surface area (Å²) in [4.78, 5) is 54.1. The third kappa shape index (κ3) is 6.09. The number of carboxylic acids is 1. The molecule has 9 nitrogen and oxygen atoms in total. The molecule has 0 radical (unpaired) electrons. The lowest BCUT2D eigenvalue weighted by molar-refractivity contribution is -0.157. The topological polar surface area (TPSA) is 132 Å².